The van der Waals surface area contributed by atoms with E-state index < -0.39 is 0 Å². The van der Waals surface area contributed by atoms with E-state index >= 15 is 0 Å². The smallest absolute Gasteiger partial charge is 0.286 e. The van der Waals surface area contributed by atoms with Gasteiger partial charge in [-0.25, -0.2) is 4.39 Å². The number of hydrogen-bond acceptors (Lipinski definition) is 5. The van der Waals surface area contributed by atoms with Gasteiger partial charge in [-0.05, 0) is 55.0 Å². The number of hydrogen-bond donors (Lipinski definition) is 1. The molecule has 0 aliphatic carbocycles. The van der Waals surface area contributed by atoms with Gasteiger partial charge >= 0.3 is 0 Å². The van der Waals surface area contributed by atoms with Crippen LogP contribution in [0.15, 0.2) is 58.0 Å². The van der Waals surface area contributed by atoms with Crippen molar-refractivity contribution in [1.29, 1.82) is 0 Å². The lowest BCUT2D eigenvalue weighted by molar-refractivity contribution is 0.0924. The van der Waals surface area contributed by atoms with E-state index in [1.165, 1.54) is 23.9 Å². The first kappa shape index (κ1) is 19.1. The number of nitrogens with one attached hydrogen (secondary N) is 1. The summed E-state index contributed by atoms with van der Waals surface area (Å²) in [6.07, 6.45) is 1.98. The Morgan fingerprint density at radius 1 is 1.11 bits per heavy atom. The lowest BCUT2D eigenvalue weighted by Gasteiger charge is -2.02. The molecule has 0 aliphatic rings. The van der Waals surface area contributed by atoms with Crippen molar-refractivity contribution in [1.82, 2.24) is 15.5 Å². The number of furan rings is 1. The van der Waals surface area contributed by atoms with Gasteiger partial charge in [-0.1, -0.05) is 25.1 Å². The quantitative estimate of drug-likeness (QED) is 0.450. The fourth-order valence-electron chi connectivity index (χ4n) is 2.36. The highest BCUT2D eigenvalue weighted by molar-refractivity contribution is 7.98. The highest BCUT2D eigenvalue weighted by Crippen LogP contribution is 2.24. The van der Waals surface area contributed by atoms with Crippen molar-refractivity contribution in [2.24, 2.45) is 0 Å². The maximum Gasteiger partial charge on any atom is 0.286 e. The standard InChI is InChI=1S/C20H20FN3O2S/c1-2-3-12-22-20(25)18-10-8-16(26-18)13-27-19-11-9-17(23-24-19)14-4-6-15(21)7-5-14/h4-11H,2-3,12-13H2,1H3,(H,22,25). The summed E-state index contributed by atoms with van der Waals surface area (Å²) in [7, 11) is 0. The number of unbranched alkanes of at least 4 members (excludes halogenated alkanes) is 1. The Balaban J connectivity index is 1.54. The monoisotopic (exact) mass is 385 g/mol. The van der Waals surface area contributed by atoms with Gasteiger partial charge < -0.3 is 9.73 Å². The van der Waals surface area contributed by atoms with Crippen LogP contribution < -0.4 is 5.32 Å². The molecule has 0 radical (unpaired) electrons. The molecule has 3 aromatic rings. The highest BCUT2D eigenvalue weighted by Gasteiger charge is 2.11. The molecule has 0 fully saturated rings. The Kier molecular flexibility index (Phi) is 6.59. The van der Waals surface area contributed by atoms with Crippen LogP contribution in [0.2, 0.25) is 0 Å². The number of rotatable bonds is 8. The lowest BCUT2D eigenvalue weighted by atomic mass is 10.1. The number of halogens is 1. The van der Waals surface area contributed by atoms with Gasteiger partial charge in [0.05, 0.1) is 11.4 Å². The molecular formula is C20H20FN3O2S. The number of nitrogens with zero attached hydrogens (tertiary/aromatic N) is 2. The summed E-state index contributed by atoms with van der Waals surface area (Å²) < 4.78 is 18.6. The first-order chi connectivity index (χ1) is 13.2. The van der Waals surface area contributed by atoms with Gasteiger partial charge in [0, 0.05) is 12.1 Å². The molecular weight excluding hydrogens is 365 g/mol. The Morgan fingerprint density at radius 2 is 1.93 bits per heavy atom. The average molecular weight is 385 g/mol. The molecule has 0 aliphatic heterocycles. The third-order valence-electron chi connectivity index (χ3n) is 3.84. The molecule has 1 amide bonds. The van der Waals surface area contributed by atoms with E-state index in [0.29, 0.717) is 29.5 Å². The number of carbonyl (C=O) groups is 1. The van der Waals surface area contributed by atoms with Gasteiger partial charge in [-0.3, -0.25) is 4.79 Å². The minimum atomic E-state index is -0.282. The molecule has 3 rings (SSSR count). The molecule has 0 unspecified atom stereocenters. The molecule has 2 heterocycles. The summed E-state index contributed by atoms with van der Waals surface area (Å²) in [5, 5.41) is 11.9. The Labute approximate surface area is 161 Å². The first-order valence-corrected chi connectivity index (χ1v) is 9.73. The van der Waals surface area contributed by atoms with Crippen LogP contribution in [-0.4, -0.2) is 22.6 Å². The number of carbonyl (C=O) groups excluding carboxylic acids is 1. The van der Waals surface area contributed by atoms with Gasteiger partial charge in [0.1, 0.15) is 16.6 Å². The summed E-state index contributed by atoms with van der Waals surface area (Å²) >= 11 is 1.47. The third kappa shape index (κ3) is 5.40. The minimum absolute atomic E-state index is 0.192. The van der Waals surface area contributed by atoms with Crippen molar-refractivity contribution in [2.75, 3.05) is 6.54 Å². The predicted molar refractivity (Wildman–Crippen MR) is 103 cm³/mol. The lowest BCUT2D eigenvalue weighted by Crippen LogP contribution is -2.23. The van der Waals surface area contributed by atoms with Crippen LogP contribution in [0, 0.1) is 5.82 Å². The van der Waals surface area contributed by atoms with Crippen LogP contribution in [0.4, 0.5) is 4.39 Å². The van der Waals surface area contributed by atoms with Crippen molar-refractivity contribution >= 4 is 17.7 Å². The van der Waals surface area contributed by atoms with Crippen LogP contribution in [0.5, 0.6) is 0 Å². The van der Waals surface area contributed by atoms with Gasteiger partial charge in [-0.15, -0.1) is 10.2 Å². The molecule has 0 bridgehead atoms. The molecule has 5 nitrogen and oxygen atoms in total. The Hall–Kier alpha value is -2.67. The zero-order valence-electron chi connectivity index (χ0n) is 14.9. The summed E-state index contributed by atoms with van der Waals surface area (Å²) in [5.41, 5.74) is 1.49. The van der Waals surface area contributed by atoms with Gasteiger partial charge in [0.2, 0.25) is 0 Å². The van der Waals surface area contributed by atoms with Crippen molar-refractivity contribution in [3.63, 3.8) is 0 Å². The van der Waals surface area contributed by atoms with E-state index in [-0.39, 0.29) is 11.7 Å². The van der Waals surface area contributed by atoms with E-state index in [9.17, 15) is 9.18 Å². The predicted octanol–water partition coefficient (Wildman–Crippen LogP) is 4.70. The number of aromatic nitrogens is 2. The number of thioether (sulfide) groups is 1. The zero-order valence-corrected chi connectivity index (χ0v) is 15.8. The van der Waals surface area contributed by atoms with Crippen LogP contribution in [0.3, 0.4) is 0 Å². The fourth-order valence-corrected chi connectivity index (χ4v) is 3.07. The third-order valence-corrected chi connectivity index (χ3v) is 4.79. The largest absolute Gasteiger partial charge is 0.455 e. The summed E-state index contributed by atoms with van der Waals surface area (Å²) in [6, 6.07) is 13.3. The molecule has 0 saturated heterocycles. The van der Waals surface area contributed by atoms with Crippen LogP contribution >= 0.6 is 11.8 Å². The molecule has 1 N–H and O–H groups in total. The second-order valence-corrected chi connectivity index (χ2v) is 6.92. The maximum atomic E-state index is 13.0. The Morgan fingerprint density at radius 3 is 2.63 bits per heavy atom. The van der Waals surface area contributed by atoms with E-state index in [1.807, 2.05) is 12.1 Å². The topological polar surface area (TPSA) is 68.0 Å². The summed E-state index contributed by atoms with van der Waals surface area (Å²) in [6.45, 7) is 2.72. The first-order valence-electron chi connectivity index (χ1n) is 8.75. The van der Waals surface area contributed by atoms with E-state index in [1.54, 1.807) is 24.3 Å². The second kappa shape index (κ2) is 9.32. The second-order valence-electron chi connectivity index (χ2n) is 5.93. The van der Waals surface area contributed by atoms with E-state index in [2.05, 4.69) is 22.4 Å². The molecule has 2 aromatic heterocycles. The normalized spacial score (nSPS) is 10.7. The van der Waals surface area contributed by atoms with Gasteiger partial charge in [0.25, 0.3) is 5.91 Å². The molecule has 27 heavy (non-hydrogen) atoms. The molecule has 140 valence electrons. The molecule has 0 atom stereocenters. The highest BCUT2D eigenvalue weighted by atomic mass is 32.2. The molecule has 0 saturated carbocycles. The van der Waals surface area contributed by atoms with Crippen molar-refractivity contribution in [2.45, 2.75) is 30.5 Å². The molecule has 0 spiro atoms. The molecule has 7 heteroatoms. The van der Waals surface area contributed by atoms with E-state index in [4.69, 9.17) is 4.42 Å². The molecule has 1 aromatic carbocycles. The van der Waals surface area contributed by atoms with Gasteiger partial charge in [-0.2, -0.15) is 0 Å². The Bertz CT molecular complexity index is 879. The van der Waals surface area contributed by atoms with Crippen molar-refractivity contribution in [3.05, 3.63) is 65.9 Å². The van der Waals surface area contributed by atoms with Gasteiger partial charge in [0.15, 0.2) is 5.76 Å². The fraction of sp³-hybridized carbons (Fsp3) is 0.250. The van der Waals surface area contributed by atoms with Crippen molar-refractivity contribution in [3.8, 4) is 11.3 Å². The average Bonchev–Trinajstić information content (AvgIpc) is 3.17. The number of amides is 1. The minimum Gasteiger partial charge on any atom is -0.455 e. The summed E-state index contributed by atoms with van der Waals surface area (Å²) in [4.78, 5) is 11.9. The number of benzene rings is 1. The van der Waals surface area contributed by atoms with Crippen LogP contribution in [0.1, 0.15) is 36.1 Å². The van der Waals surface area contributed by atoms with E-state index in [0.717, 1.165) is 23.4 Å². The maximum absolute atomic E-state index is 13.0. The van der Waals surface area contributed by atoms with Crippen LogP contribution in [-0.2, 0) is 5.75 Å². The van der Waals surface area contributed by atoms with Crippen molar-refractivity contribution < 1.29 is 13.6 Å². The SMILES string of the molecule is CCCCNC(=O)c1ccc(CSc2ccc(-c3ccc(F)cc3)nn2)o1. The summed E-state index contributed by atoms with van der Waals surface area (Å²) in [5.74, 6) is 1.09. The van der Waals surface area contributed by atoms with Crippen LogP contribution in [0.25, 0.3) is 11.3 Å². The zero-order chi connectivity index (χ0) is 19.1.